The largest absolute Gasteiger partial charge is 0.322 e. The van der Waals surface area contributed by atoms with Gasteiger partial charge >= 0.3 is 0 Å². The molecular weight excluding hydrogens is 382 g/mol. The van der Waals surface area contributed by atoms with Crippen molar-refractivity contribution in [3.8, 4) is 0 Å². The number of amides is 1. The summed E-state index contributed by atoms with van der Waals surface area (Å²) in [5.74, 6) is 0.534. The minimum absolute atomic E-state index is 0.121. The molecule has 0 atom stereocenters. The molecule has 29 heavy (non-hydrogen) atoms. The van der Waals surface area contributed by atoms with E-state index in [1.807, 2.05) is 56.3 Å². The second kappa shape index (κ2) is 9.56. The number of rotatable bonds is 7. The first-order valence-corrected chi connectivity index (χ1v) is 10.6. The Morgan fingerprint density at radius 2 is 1.86 bits per heavy atom. The number of H-pyrrole nitrogens is 1. The second-order valence-electron chi connectivity index (χ2n) is 7.05. The number of hydrogen-bond donors (Lipinski definition) is 2. The molecule has 3 aromatic rings. The minimum Gasteiger partial charge on any atom is -0.322 e. The van der Waals surface area contributed by atoms with Crippen molar-refractivity contribution in [3.63, 3.8) is 0 Å². The molecule has 2 aromatic carbocycles. The van der Waals surface area contributed by atoms with Crippen LogP contribution in [0.25, 0.3) is 0 Å². The number of nitrogens with one attached hydrogen (secondary N) is 2. The van der Waals surface area contributed by atoms with E-state index in [0.717, 1.165) is 35.3 Å². The van der Waals surface area contributed by atoms with E-state index in [1.165, 1.54) is 17.3 Å². The lowest BCUT2D eigenvalue weighted by Gasteiger charge is -2.10. The quantitative estimate of drug-likeness (QED) is 0.432. The van der Waals surface area contributed by atoms with Crippen molar-refractivity contribution in [1.82, 2.24) is 9.97 Å². The summed E-state index contributed by atoms with van der Waals surface area (Å²) in [4.78, 5) is 31.5. The number of hydrogen-bond acceptors (Lipinski definition) is 4. The number of thioether (sulfide) groups is 1. The van der Waals surface area contributed by atoms with Gasteiger partial charge in [0.05, 0.1) is 0 Å². The van der Waals surface area contributed by atoms with E-state index in [1.54, 1.807) is 6.07 Å². The highest BCUT2D eigenvalue weighted by Crippen LogP contribution is 2.20. The number of nitrogens with zero attached hydrogens (tertiary/aromatic N) is 1. The third-order valence-electron chi connectivity index (χ3n) is 4.50. The number of aryl methyl sites for hydroxylation is 3. The maximum atomic E-state index is 12.5. The van der Waals surface area contributed by atoms with Crippen LogP contribution in [0.15, 0.2) is 58.5 Å². The molecule has 0 aliphatic carbocycles. The summed E-state index contributed by atoms with van der Waals surface area (Å²) in [6.45, 7) is 6.07. The maximum absolute atomic E-state index is 12.5. The Balaban J connectivity index is 1.63. The molecule has 0 spiro atoms. The number of aromatic amines is 1. The molecule has 2 N–H and O–H groups in total. The van der Waals surface area contributed by atoms with E-state index in [-0.39, 0.29) is 11.5 Å². The lowest BCUT2D eigenvalue weighted by atomic mass is 10.1. The van der Waals surface area contributed by atoms with Crippen LogP contribution in [-0.2, 0) is 12.2 Å². The average Bonchev–Trinajstić information content (AvgIpc) is 2.69. The van der Waals surface area contributed by atoms with Crippen LogP contribution >= 0.6 is 11.8 Å². The first-order chi connectivity index (χ1) is 13.9. The van der Waals surface area contributed by atoms with Crippen molar-refractivity contribution in [3.05, 3.63) is 86.8 Å². The van der Waals surface area contributed by atoms with Gasteiger partial charge < -0.3 is 10.3 Å². The van der Waals surface area contributed by atoms with E-state index < -0.39 is 0 Å². The van der Waals surface area contributed by atoms with Gasteiger partial charge in [0, 0.05) is 28.8 Å². The Hall–Kier alpha value is -2.86. The Bertz CT molecular complexity index is 1060. The van der Waals surface area contributed by atoms with Crippen LogP contribution in [0, 0.1) is 13.8 Å². The fourth-order valence-corrected chi connectivity index (χ4v) is 3.84. The smallest absolute Gasteiger partial charge is 0.255 e. The van der Waals surface area contributed by atoms with E-state index >= 15 is 0 Å². The second-order valence-corrected chi connectivity index (χ2v) is 8.01. The molecule has 150 valence electrons. The Morgan fingerprint density at radius 1 is 1.10 bits per heavy atom. The third kappa shape index (κ3) is 5.81. The predicted molar refractivity (Wildman–Crippen MR) is 119 cm³/mol. The van der Waals surface area contributed by atoms with Crippen molar-refractivity contribution in [2.75, 3.05) is 5.32 Å². The molecule has 0 aliphatic rings. The molecule has 0 saturated heterocycles. The molecule has 0 unspecified atom stereocenters. The lowest BCUT2D eigenvalue weighted by Crippen LogP contribution is -2.12. The average molecular weight is 408 g/mol. The minimum atomic E-state index is -0.130. The molecular formula is C23H25N3O2S. The van der Waals surface area contributed by atoms with Gasteiger partial charge in [-0.05, 0) is 49.6 Å². The third-order valence-corrected chi connectivity index (χ3v) is 5.45. The monoisotopic (exact) mass is 407 g/mol. The molecule has 0 fully saturated rings. The zero-order valence-electron chi connectivity index (χ0n) is 16.9. The lowest BCUT2D eigenvalue weighted by molar-refractivity contribution is 0.102. The molecule has 1 aromatic heterocycles. The van der Waals surface area contributed by atoms with Crippen LogP contribution < -0.4 is 10.9 Å². The summed E-state index contributed by atoms with van der Waals surface area (Å²) >= 11 is 1.48. The summed E-state index contributed by atoms with van der Waals surface area (Å²) in [6.07, 6.45) is 1.74. The number of aromatic nitrogens is 2. The first-order valence-electron chi connectivity index (χ1n) is 9.65. The Morgan fingerprint density at radius 3 is 2.55 bits per heavy atom. The van der Waals surface area contributed by atoms with Crippen LogP contribution in [0.5, 0.6) is 0 Å². The summed E-state index contributed by atoms with van der Waals surface area (Å²) in [6, 6.07) is 15.0. The van der Waals surface area contributed by atoms with E-state index in [4.69, 9.17) is 0 Å². The van der Waals surface area contributed by atoms with Crippen LogP contribution in [0.2, 0.25) is 0 Å². The van der Waals surface area contributed by atoms with Crippen LogP contribution in [0.4, 0.5) is 5.69 Å². The normalized spacial score (nSPS) is 10.7. The molecule has 0 saturated carbocycles. The molecule has 6 heteroatoms. The summed E-state index contributed by atoms with van der Waals surface area (Å²) < 4.78 is 0. The summed E-state index contributed by atoms with van der Waals surface area (Å²) in [5.41, 5.74) is 5.39. The number of anilines is 1. The highest BCUT2D eigenvalue weighted by atomic mass is 32.2. The van der Waals surface area contributed by atoms with Crippen molar-refractivity contribution in [2.45, 2.75) is 44.5 Å². The summed E-state index contributed by atoms with van der Waals surface area (Å²) in [7, 11) is 0. The van der Waals surface area contributed by atoms with Gasteiger partial charge in [0.25, 0.3) is 11.5 Å². The number of carbonyl (C=O) groups excluding carboxylic acids is 1. The number of benzene rings is 2. The standard InChI is InChI=1S/C23H25N3O2S/c1-4-5-19-13-21(27)26-23(24-19)29-14-17-7-9-18(10-8-17)22(28)25-20-11-6-15(2)12-16(20)3/h6-13H,4-5,14H2,1-3H3,(H,25,28)(H,24,26,27). The van der Waals surface area contributed by atoms with E-state index in [9.17, 15) is 9.59 Å². The van der Waals surface area contributed by atoms with Gasteiger partial charge in [-0.15, -0.1) is 0 Å². The predicted octanol–water partition coefficient (Wildman–Crippen LogP) is 4.88. The van der Waals surface area contributed by atoms with Crippen LogP contribution in [0.3, 0.4) is 0 Å². The molecule has 3 rings (SSSR count). The topological polar surface area (TPSA) is 74.8 Å². The fraction of sp³-hybridized carbons (Fsp3) is 0.261. The molecule has 1 amide bonds. The van der Waals surface area contributed by atoms with Crippen LogP contribution in [-0.4, -0.2) is 15.9 Å². The van der Waals surface area contributed by atoms with Gasteiger partial charge in [-0.1, -0.05) is 54.9 Å². The number of carbonyl (C=O) groups is 1. The van der Waals surface area contributed by atoms with Gasteiger partial charge in [-0.2, -0.15) is 0 Å². The fourth-order valence-electron chi connectivity index (χ4n) is 2.99. The van der Waals surface area contributed by atoms with E-state index in [0.29, 0.717) is 16.5 Å². The van der Waals surface area contributed by atoms with Crippen molar-refractivity contribution in [2.24, 2.45) is 0 Å². The highest BCUT2D eigenvalue weighted by Gasteiger charge is 2.09. The zero-order chi connectivity index (χ0) is 20.8. The zero-order valence-corrected chi connectivity index (χ0v) is 17.7. The van der Waals surface area contributed by atoms with Crippen LogP contribution in [0.1, 0.15) is 46.1 Å². The van der Waals surface area contributed by atoms with Gasteiger partial charge in [-0.3, -0.25) is 9.59 Å². The van der Waals surface area contributed by atoms with Gasteiger partial charge in [0.2, 0.25) is 0 Å². The molecule has 5 nitrogen and oxygen atoms in total. The highest BCUT2D eigenvalue weighted by molar-refractivity contribution is 7.98. The SMILES string of the molecule is CCCc1cc(=O)[nH]c(SCc2ccc(C(=O)Nc3ccc(C)cc3C)cc2)n1. The van der Waals surface area contributed by atoms with Crippen molar-refractivity contribution < 1.29 is 4.79 Å². The Labute approximate surface area is 175 Å². The van der Waals surface area contributed by atoms with Gasteiger partial charge in [0.15, 0.2) is 5.16 Å². The van der Waals surface area contributed by atoms with Gasteiger partial charge in [-0.25, -0.2) is 4.98 Å². The summed E-state index contributed by atoms with van der Waals surface area (Å²) in [5, 5.41) is 3.58. The first kappa shape index (κ1) is 20.9. The Kier molecular flexibility index (Phi) is 6.88. The van der Waals surface area contributed by atoms with Crippen molar-refractivity contribution in [1.29, 1.82) is 0 Å². The molecule has 1 heterocycles. The maximum Gasteiger partial charge on any atom is 0.255 e. The molecule has 0 radical (unpaired) electrons. The molecule has 0 bridgehead atoms. The van der Waals surface area contributed by atoms with Gasteiger partial charge in [0.1, 0.15) is 0 Å². The van der Waals surface area contributed by atoms with Crippen molar-refractivity contribution >= 4 is 23.4 Å². The molecule has 0 aliphatic heterocycles. The van der Waals surface area contributed by atoms with E-state index in [2.05, 4.69) is 22.2 Å².